The monoisotopic (exact) mass is 335 g/mol. The molecule has 25 heavy (non-hydrogen) atoms. The summed E-state index contributed by atoms with van der Waals surface area (Å²) in [4.78, 5) is 13.0. The van der Waals surface area contributed by atoms with E-state index in [4.69, 9.17) is 10.8 Å². The Morgan fingerprint density at radius 1 is 1.20 bits per heavy atom. The minimum Gasteiger partial charge on any atom is -0.323 e. The third-order valence-electron chi connectivity index (χ3n) is 3.90. The molecule has 2 aromatic rings. The van der Waals surface area contributed by atoms with Gasteiger partial charge in [0, 0.05) is 25.0 Å². The molecular weight excluding hydrogens is 310 g/mol. The van der Waals surface area contributed by atoms with Crippen LogP contribution in [0.3, 0.4) is 0 Å². The van der Waals surface area contributed by atoms with E-state index in [2.05, 4.69) is 35.0 Å². The Hall–Kier alpha value is -2.82. The largest absolute Gasteiger partial charge is 0.323 e. The molecule has 0 aromatic carbocycles. The van der Waals surface area contributed by atoms with Crippen LogP contribution < -0.4 is 5.84 Å². The minimum absolute atomic E-state index is 0.561. The first kappa shape index (κ1) is 18.5. The molecule has 0 amide bonds. The molecule has 130 valence electrons. The zero-order chi connectivity index (χ0) is 18.1. The van der Waals surface area contributed by atoms with Crippen LogP contribution in [0, 0.1) is 6.92 Å². The van der Waals surface area contributed by atoms with E-state index >= 15 is 0 Å². The molecule has 0 aliphatic rings. The zero-order valence-electron chi connectivity index (χ0n) is 15.1. The fourth-order valence-electron chi connectivity index (χ4n) is 2.57. The van der Waals surface area contributed by atoms with Gasteiger partial charge in [0.1, 0.15) is 5.71 Å². The second kappa shape index (κ2) is 9.47. The van der Waals surface area contributed by atoms with E-state index < -0.39 is 0 Å². The summed E-state index contributed by atoms with van der Waals surface area (Å²) in [5.74, 6) is 5.50. The molecule has 2 rings (SSSR count). The maximum absolute atomic E-state index is 5.50. The van der Waals surface area contributed by atoms with Crippen molar-refractivity contribution in [3.05, 3.63) is 65.2 Å². The molecule has 2 aromatic heterocycles. The molecule has 0 saturated heterocycles. The molecule has 0 fully saturated rings. The number of aliphatic imine (C=N–C) groups is 1. The number of hydrogen-bond donors (Lipinski definition) is 1. The van der Waals surface area contributed by atoms with Gasteiger partial charge in [-0.05, 0) is 42.7 Å². The highest BCUT2D eigenvalue weighted by molar-refractivity contribution is 6.37. The quantitative estimate of drug-likeness (QED) is 0.362. The lowest BCUT2D eigenvalue weighted by molar-refractivity contribution is 0.815. The number of aryl methyl sites for hydroxylation is 1. The van der Waals surface area contributed by atoms with Gasteiger partial charge < -0.3 is 5.84 Å². The third-order valence-corrected chi connectivity index (χ3v) is 3.90. The van der Waals surface area contributed by atoms with Gasteiger partial charge in [0.25, 0.3) is 0 Å². The van der Waals surface area contributed by atoms with E-state index in [1.165, 1.54) is 0 Å². The zero-order valence-corrected chi connectivity index (χ0v) is 15.1. The minimum atomic E-state index is 0.561. The van der Waals surface area contributed by atoms with Crippen LogP contribution >= 0.6 is 0 Å². The summed E-state index contributed by atoms with van der Waals surface area (Å²) >= 11 is 0. The molecule has 5 nitrogen and oxygen atoms in total. The van der Waals surface area contributed by atoms with E-state index in [0.717, 1.165) is 41.7 Å². The molecule has 0 aliphatic carbocycles. The Morgan fingerprint density at radius 2 is 1.96 bits per heavy atom. The van der Waals surface area contributed by atoms with Crippen LogP contribution in [0.25, 0.3) is 5.57 Å². The van der Waals surface area contributed by atoms with Crippen LogP contribution in [-0.2, 0) is 0 Å². The normalized spacial score (nSPS) is 12.8. The maximum Gasteiger partial charge on any atom is 0.126 e. The van der Waals surface area contributed by atoms with Gasteiger partial charge in [0.05, 0.1) is 17.6 Å². The number of rotatable bonds is 7. The fraction of sp³-hybridized carbons (Fsp3) is 0.300. The Morgan fingerprint density at radius 3 is 2.60 bits per heavy atom. The first-order valence-corrected chi connectivity index (χ1v) is 8.50. The molecule has 2 heterocycles. The average Bonchev–Trinajstić information content (AvgIpc) is 2.65. The molecule has 0 aliphatic heterocycles. The van der Waals surface area contributed by atoms with Gasteiger partial charge in [-0.2, -0.15) is 5.10 Å². The number of pyridine rings is 2. The smallest absolute Gasteiger partial charge is 0.126 e. The number of nitrogens with two attached hydrogens (primary N) is 1. The summed E-state index contributed by atoms with van der Waals surface area (Å²) in [5, 5.41) is 3.80. The van der Waals surface area contributed by atoms with Crippen LogP contribution in [0.4, 0.5) is 0 Å². The lowest BCUT2D eigenvalue weighted by Gasteiger charge is -2.12. The van der Waals surface area contributed by atoms with E-state index in [9.17, 15) is 0 Å². The Balaban J connectivity index is 2.55. The van der Waals surface area contributed by atoms with Gasteiger partial charge in [-0.3, -0.25) is 9.98 Å². The van der Waals surface area contributed by atoms with E-state index in [1.807, 2.05) is 24.3 Å². The molecule has 0 atom stereocenters. The number of allylic oxidation sites excluding steroid dienone is 1. The van der Waals surface area contributed by atoms with Gasteiger partial charge in [-0.15, -0.1) is 0 Å². The fourth-order valence-corrected chi connectivity index (χ4v) is 2.57. The van der Waals surface area contributed by atoms with Crippen LogP contribution in [0.2, 0.25) is 0 Å². The average molecular weight is 335 g/mol. The summed E-state index contributed by atoms with van der Waals surface area (Å²) < 4.78 is 0. The Labute approximate surface area is 149 Å². The Kier molecular flexibility index (Phi) is 7.01. The van der Waals surface area contributed by atoms with Crippen molar-refractivity contribution in [3.8, 4) is 0 Å². The van der Waals surface area contributed by atoms with Crippen molar-refractivity contribution in [2.75, 3.05) is 7.05 Å². The van der Waals surface area contributed by atoms with Crippen molar-refractivity contribution in [3.63, 3.8) is 0 Å². The molecule has 2 N–H and O–H groups in total. The molecular formula is C20H25N5. The number of nitrogens with zero attached hydrogens (tertiary/aromatic N) is 4. The van der Waals surface area contributed by atoms with Crippen molar-refractivity contribution in [2.45, 2.75) is 33.1 Å². The summed E-state index contributed by atoms with van der Waals surface area (Å²) in [6, 6.07) is 7.98. The first-order chi connectivity index (χ1) is 12.2. The Bertz CT molecular complexity index is 776. The van der Waals surface area contributed by atoms with Gasteiger partial charge in [0.15, 0.2) is 0 Å². The van der Waals surface area contributed by atoms with Crippen molar-refractivity contribution in [1.82, 2.24) is 9.97 Å². The topological polar surface area (TPSA) is 76.5 Å². The third kappa shape index (κ3) is 4.83. The van der Waals surface area contributed by atoms with E-state index in [-0.39, 0.29) is 0 Å². The van der Waals surface area contributed by atoms with E-state index in [0.29, 0.717) is 11.4 Å². The lowest BCUT2D eigenvalue weighted by atomic mass is 9.97. The highest BCUT2D eigenvalue weighted by Crippen LogP contribution is 2.25. The molecule has 0 radical (unpaired) electrons. The van der Waals surface area contributed by atoms with Gasteiger partial charge >= 0.3 is 0 Å². The van der Waals surface area contributed by atoms with Crippen molar-refractivity contribution < 1.29 is 0 Å². The molecule has 0 bridgehead atoms. The van der Waals surface area contributed by atoms with E-state index in [1.54, 1.807) is 25.7 Å². The van der Waals surface area contributed by atoms with Gasteiger partial charge in [-0.1, -0.05) is 31.9 Å². The highest BCUT2D eigenvalue weighted by atomic mass is 15.1. The first-order valence-electron chi connectivity index (χ1n) is 8.50. The predicted octanol–water partition coefficient (Wildman–Crippen LogP) is 3.77. The van der Waals surface area contributed by atoms with Crippen molar-refractivity contribution in [1.29, 1.82) is 0 Å². The molecule has 5 heteroatoms. The summed E-state index contributed by atoms with van der Waals surface area (Å²) in [6.45, 7) is 4.26. The summed E-state index contributed by atoms with van der Waals surface area (Å²) in [5.41, 5.74) is 5.53. The number of hydrogen-bond acceptors (Lipinski definition) is 5. The molecule has 0 saturated carbocycles. The predicted molar refractivity (Wildman–Crippen MR) is 105 cm³/mol. The molecule has 0 unspecified atom stereocenters. The van der Waals surface area contributed by atoms with Crippen LogP contribution in [-0.4, -0.2) is 28.9 Å². The van der Waals surface area contributed by atoms with Crippen molar-refractivity contribution >= 4 is 17.5 Å². The second-order valence-corrected chi connectivity index (χ2v) is 5.76. The second-order valence-electron chi connectivity index (χ2n) is 5.76. The van der Waals surface area contributed by atoms with Crippen LogP contribution in [0.5, 0.6) is 0 Å². The van der Waals surface area contributed by atoms with Gasteiger partial charge in [0.2, 0.25) is 0 Å². The number of aromatic nitrogens is 2. The van der Waals surface area contributed by atoms with Crippen LogP contribution in [0.15, 0.2) is 52.8 Å². The molecule has 0 spiro atoms. The number of unbranched alkanes of at least 4 members (excludes halogenated alkanes) is 2. The highest BCUT2D eigenvalue weighted by Gasteiger charge is 2.12. The summed E-state index contributed by atoms with van der Waals surface area (Å²) in [7, 11) is 1.69. The van der Waals surface area contributed by atoms with Crippen LogP contribution in [0.1, 0.15) is 48.7 Å². The lowest BCUT2D eigenvalue weighted by Crippen LogP contribution is -2.10. The maximum atomic E-state index is 5.50. The van der Waals surface area contributed by atoms with Gasteiger partial charge in [-0.25, -0.2) is 4.98 Å². The summed E-state index contributed by atoms with van der Waals surface area (Å²) in [6.07, 6.45) is 10.8. The SMILES string of the molecule is CCCC/C=C(/c1ccncc1)c1nc(/C(C=NC)=N/N)ccc1C. The number of hydrazone groups is 1. The standard InChI is InChI=1S/C20H25N5/c1-4-5-6-7-17(16-10-12-23-13-11-16)20-15(2)8-9-18(24-20)19(25-21)14-22-3/h7-14H,4-6,21H2,1-3H3/b17-7-,22-14?,25-19+. The van der Waals surface area contributed by atoms with Crippen molar-refractivity contribution in [2.24, 2.45) is 15.9 Å².